The summed E-state index contributed by atoms with van der Waals surface area (Å²) in [6, 6.07) is 5.58. The Balaban J connectivity index is 2.20. The smallest absolute Gasteiger partial charge is 0.326 e. The Bertz CT molecular complexity index is 721. The number of hydrogen-bond donors (Lipinski definition) is 0. The van der Waals surface area contributed by atoms with Crippen LogP contribution >= 0.6 is 39.9 Å². The summed E-state index contributed by atoms with van der Waals surface area (Å²) in [5.74, 6) is -0.0824. The topological polar surface area (TPSA) is 55.8 Å². The molecule has 1 aliphatic rings. The molecule has 5 nitrogen and oxygen atoms in total. The molecule has 1 heterocycles. The van der Waals surface area contributed by atoms with Gasteiger partial charge in [-0.25, -0.2) is 0 Å². The third-order valence-electron chi connectivity index (χ3n) is 3.19. The van der Waals surface area contributed by atoms with Gasteiger partial charge in [-0.1, -0.05) is 46.8 Å². The fourth-order valence-electron chi connectivity index (χ4n) is 2.09. The minimum Gasteiger partial charge on any atom is -0.493 e. The molecule has 0 N–H and O–H groups in total. The summed E-state index contributed by atoms with van der Waals surface area (Å²) in [4.78, 5) is 26.1. The van der Waals surface area contributed by atoms with E-state index in [-0.39, 0.29) is 12.5 Å². The Morgan fingerprint density at radius 3 is 2.84 bits per heavy atom. The molecule has 8 heteroatoms. The van der Waals surface area contributed by atoms with Gasteiger partial charge < -0.3 is 9.47 Å². The normalized spacial score (nSPS) is 15.8. The number of halogens is 1. The summed E-state index contributed by atoms with van der Waals surface area (Å²) >= 11 is 9.81. The van der Waals surface area contributed by atoms with Gasteiger partial charge in [0.05, 0.1) is 18.1 Å². The predicted molar refractivity (Wildman–Crippen MR) is 106 cm³/mol. The highest BCUT2D eigenvalue weighted by Gasteiger charge is 2.34. The lowest BCUT2D eigenvalue weighted by molar-refractivity contribution is -0.146. The number of rotatable bonds is 7. The van der Waals surface area contributed by atoms with Gasteiger partial charge >= 0.3 is 5.97 Å². The molecular formula is C17H18BrNO4S2. The fraction of sp³-hybridized carbons (Fsp3) is 0.353. The van der Waals surface area contributed by atoms with Crippen molar-refractivity contribution in [3.05, 3.63) is 33.1 Å². The van der Waals surface area contributed by atoms with Crippen LogP contribution in [0.2, 0.25) is 0 Å². The van der Waals surface area contributed by atoms with Crippen molar-refractivity contribution in [1.82, 2.24) is 4.90 Å². The van der Waals surface area contributed by atoms with Crippen LogP contribution < -0.4 is 4.74 Å². The number of amides is 1. The molecule has 1 amide bonds. The van der Waals surface area contributed by atoms with E-state index in [9.17, 15) is 9.59 Å². The van der Waals surface area contributed by atoms with E-state index in [0.717, 1.165) is 16.5 Å². The Morgan fingerprint density at radius 2 is 2.16 bits per heavy atom. The molecule has 134 valence electrons. The highest BCUT2D eigenvalue weighted by Crippen LogP contribution is 2.35. The van der Waals surface area contributed by atoms with Crippen LogP contribution in [0.3, 0.4) is 0 Å². The van der Waals surface area contributed by atoms with Crippen LogP contribution in [-0.2, 0) is 14.3 Å². The SMILES string of the molecule is CCCOC(=O)CN1C(=O)C(=Cc2cc(Br)ccc2OCC)SC1=S. The van der Waals surface area contributed by atoms with E-state index in [2.05, 4.69) is 15.9 Å². The lowest BCUT2D eigenvalue weighted by Gasteiger charge is -2.13. The van der Waals surface area contributed by atoms with Crippen LogP contribution in [0, 0.1) is 0 Å². The minimum absolute atomic E-state index is 0.168. The Labute approximate surface area is 164 Å². The zero-order valence-electron chi connectivity index (χ0n) is 13.9. The van der Waals surface area contributed by atoms with Crippen LogP contribution in [0.15, 0.2) is 27.6 Å². The minimum atomic E-state index is -0.461. The number of carbonyl (C=O) groups excluding carboxylic acids is 2. The molecule has 1 aromatic carbocycles. The van der Waals surface area contributed by atoms with E-state index < -0.39 is 5.97 Å². The van der Waals surface area contributed by atoms with Gasteiger partial charge in [0, 0.05) is 10.0 Å². The van der Waals surface area contributed by atoms with Gasteiger partial charge in [0.2, 0.25) is 0 Å². The molecule has 0 atom stereocenters. The number of thioether (sulfide) groups is 1. The first-order chi connectivity index (χ1) is 12.0. The van der Waals surface area contributed by atoms with Crippen molar-refractivity contribution in [2.75, 3.05) is 19.8 Å². The largest absolute Gasteiger partial charge is 0.493 e. The molecule has 2 rings (SSSR count). The van der Waals surface area contributed by atoms with Gasteiger partial charge in [0.25, 0.3) is 5.91 Å². The first kappa shape index (κ1) is 19.9. The van der Waals surface area contributed by atoms with Crippen molar-refractivity contribution in [3.63, 3.8) is 0 Å². The maximum Gasteiger partial charge on any atom is 0.326 e. The number of carbonyl (C=O) groups is 2. The average molecular weight is 444 g/mol. The van der Waals surface area contributed by atoms with Gasteiger partial charge in [-0.3, -0.25) is 14.5 Å². The standard InChI is InChI=1S/C17H18BrNO4S2/c1-3-7-23-15(20)10-19-16(21)14(25-17(19)24)9-11-8-12(18)5-6-13(11)22-4-2/h5-6,8-9H,3-4,7,10H2,1-2H3. The molecule has 0 aromatic heterocycles. The van der Waals surface area contributed by atoms with E-state index in [4.69, 9.17) is 21.7 Å². The van der Waals surface area contributed by atoms with Crippen molar-refractivity contribution < 1.29 is 19.1 Å². The van der Waals surface area contributed by atoms with Crippen molar-refractivity contribution in [2.45, 2.75) is 20.3 Å². The molecule has 1 fully saturated rings. The molecule has 1 aliphatic heterocycles. The fourth-order valence-corrected chi connectivity index (χ4v) is 3.71. The molecule has 0 bridgehead atoms. The summed E-state index contributed by atoms with van der Waals surface area (Å²) in [5.41, 5.74) is 0.769. The third kappa shape index (κ3) is 5.29. The van der Waals surface area contributed by atoms with Crippen LogP contribution in [0.1, 0.15) is 25.8 Å². The Hall–Kier alpha value is -1.38. The molecule has 25 heavy (non-hydrogen) atoms. The van der Waals surface area contributed by atoms with Crippen molar-refractivity contribution >= 4 is 62.2 Å². The van der Waals surface area contributed by atoms with Gasteiger partial charge in [0.1, 0.15) is 16.6 Å². The summed E-state index contributed by atoms with van der Waals surface area (Å²) in [6.45, 7) is 4.49. The van der Waals surface area contributed by atoms with Crippen molar-refractivity contribution in [3.8, 4) is 5.75 Å². The zero-order chi connectivity index (χ0) is 18.4. The predicted octanol–water partition coefficient (Wildman–Crippen LogP) is 4.00. The summed E-state index contributed by atoms with van der Waals surface area (Å²) in [5, 5.41) is 0. The second-order valence-corrected chi connectivity index (χ2v) is 7.69. The van der Waals surface area contributed by atoms with Gasteiger partial charge in [-0.2, -0.15) is 0 Å². The van der Waals surface area contributed by atoms with Crippen LogP contribution in [0.5, 0.6) is 5.75 Å². The molecule has 0 aliphatic carbocycles. The number of benzene rings is 1. The molecule has 0 spiro atoms. The van der Waals surface area contributed by atoms with Crippen molar-refractivity contribution in [2.24, 2.45) is 0 Å². The van der Waals surface area contributed by atoms with Crippen LogP contribution in [-0.4, -0.2) is 40.9 Å². The summed E-state index contributed by atoms with van der Waals surface area (Å²) in [7, 11) is 0. The number of ether oxygens (including phenoxy) is 2. The maximum absolute atomic E-state index is 12.6. The Morgan fingerprint density at radius 1 is 1.40 bits per heavy atom. The zero-order valence-corrected chi connectivity index (χ0v) is 17.1. The van der Waals surface area contributed by atoms with Crippen LogP contribution in [0.4, 0.5) is 0 Å². The number of hydrogen-bond acceptors (Lipinski definition) is 6. The molecule has 0 radical (unpaired) electrons. The van der Waals surface area contributed by atoms with E-state index in [1.165, 1.54) is 16.7 Å². The lowest BCUT2D eigenvalue weighted by Crippen LogP contribution is -2.34. The highest BCUT2D eigenvalue weighted by molar-refractivity contribution is 9.10. The average Bonchev–Trinajstić information content (AvgIpc) is 2.83. The van der Waals surface area contributed by atoms with E-state index in [0.29, 0.717) is 28.2 Å². The van der Waals surface area contributed by atoms with E-state index in [1.54, 1.807) is 6.08 Å². The molecule has 1 aromatic rings. The van der Waals surface area contributed by atoms with Crippen molar-refractivity contribution in [1.29, 1.82) is 0 Å². The summed E-state index contributed by atoms with van der Waals surface area (Å²) < 4.78 is 11.8. The highest BCUT2D eigenvalue weighted by atomic mass is 79.9. The van der Waals surface area contributed by atoms with E-state index >= 15 is 0 Å². The number of thiocarbonyl (C=S) groups is 1. The third-order valence-corrected chi connectivity index (χ3v) is 5.06. The number of esters is 1. The first-order valence-electron chi connectivity index (χ1n) is 7.79. The molecule has 1 saturated heterocycles. The van der Waals surface area contributed by atoms with Gasteiger partial charge in [0.15, 0.2) is 0 Å². The molecule has 0 saturated carbocycles. The van der Waals surface area contributed by atoms with E-state index in [1.807, 2.05) is 32.0 Å². The van der Waals surface area contributed by atoms with Gasteiger partial charge in [-0.15, -0.1) is 0 Å². The number of nitrogens with zero attached hydrogens (tertiary/aromatic N) is 1. The summed E-state index contributed by atoms with van der Waals surface area (Å²) in [6.07, 6.45) is 2.46. The second-order valence-electron chi connectivity index (χ2n) is 5.10. The molecular weight excluding hydrogens is 426 g/mol. The lowest BCUT2D eigenvalue weighted by atomic mass is 10.2. The second kappa shape index (κ2) is 9.35. The maximum atomic E-state index is 12.6. The van der Waals surface area contributed by atoms with Gasteiger partial charge in [-0.05, 0) is 37.6 Å². The quantitative estimate of drug-likeness (QED) is 0.360. The Kier molecular flexibility index (Phi) is 7.46. The molecule has 0 unspecified atom stereocenters. The monoisotopic (exact) mass is 443 g/mol. The van der Waals surface area contributed by atoms with Crippen LogP contribution in [0.25, 0.3) is 6.08 Å². The first-order valence-corrected chi connectivity index (χ1v) is 9.81.